The second-order valence-electron chi connectivity index (χ2n) is 5.59. The average Bonchev–Trinajstić information content (AvgIpc) is 2.36. The van der Waals surface area contributed by atoms with E-state index in [1.807, 2.05) is 0 Å². The van der Waals surface area contributed by atoms with E-state index >= 15 is 0 Å². The minimum absolute atomic E-state index is 0.0319. The maximum atomic E-state index is 12.0. The van der Waals surface area contributed by atoms with Gasteiger partial charge in [0.05, 0.1) is 17.6 Å². The molecule has 0 bridgehead atoms. The molecule has 0 radical (unpaired) electrons. The minimum Gasteiger partial charge on any atom is -0.497 e. The fraction of sp³-hybridized carbons (Fsp3) is 0.500. The van der Waals surface area contributed by atoms with Crippen molar-refractivity contribution < 1.29 is 17.9 Å². The van der Waals surface area contributed by atoms with Gasteiger partial charge < -0.3 is 15.2 Å². The number of sulfone groups is 1. The summed E-state index contributed by atoms with van der Waals surface area (Å²) in [6, 6.07) is 4.81. The fourth-order valence-electron chi connectivity index (χ4n) is 1.50. The van der Waals surface area contributed by atoms with Gasteiger partial charge in [0.2, 0.25) is 0 Å². The van der Waals surface area contributed by atoms with Gasteiger partial charge in [-0.2, -0.15) is 0 Å². The Bertz CT molecular complexity index is 618. The minimum atomic E-state index is -3.23. The Morgan fingerprint density at radius 1 is 1.24 bits per heavy atom. The van der Waals surface area contributed by atoms with Crippen molar-refractivity contribution in [2.45, 2.75) is 25.5 Å². The van der Waals surface area contributed by atoms with Gasteiger partial charge in [-0.05, 0) is 32.9 Å². The first kappa shape index (κ1) is 17.3. The lowest BCUT2D eigenvalue weighted by Crippen LogP contribution is -2.32. The summed E-state index contributed by atoms with van der Waals surface area (Å²) >= 11 is 0. The summed E-state index contributed by atoms with van der Waals surface area (Å²) in [7, 11) is -1.74. The molecule has 21 heavy (non-hydrogen) atoms. The molecule has 1 rings (SSSR count). The van der Waals surface area contributed by atoms with E-state index in [2.05, 4.69) is 0 Å². The molecule has 0 aromatic heterocycles. The number of amidine groups is 1. The molecule has 1 aromatic rings. The van der Waals surface area contributed by atoms with Crippen LogP contribution in [0.4, 0.5) is 0 Å². The van der Waals surface area contributed by atoms with Crippen molar-refractivity contribution in [1.82, 2.24) is 0 Å². The van der Waals surface area contributed by atoms with Crippen LogP contribution in [0.5, 0.6) is 11.5 Å². The largest absolute Gasteiger partial charge is 0.497 e. The number of benzene rings is 1. The highest BCUT2D eigenvalue weighted by molar-refractivity contribution is 7.92. The zero-order chi connectivity index (χ0) is 16.3. The Hall–Kier alpha value is -1.76. The number of nitrogens with one attached hydrogen (secondary N) is 1. The molecule has 0 fully saturated rings. The molecule has 3 N–H and O–H groups in total. The van der Waals surface area contributed by atoms with Crippen molar-refractivity contribution in [3.8, 4) is 11.5 Å². The third-order valence-corrected chi connectivity index (χ3v) is 5.55. The van der Waals surface area contributed by atoms with E-state index in [0.717, 1.165) is 0 Å². The molecule has 0 aliphatic heterocycles. The van der Waals surface area contributed by atoms with Gasteiger partial charge in [0.15, 0.2) is 9.84 Å². The molecular formula is C14H22N2O4S. The molecule has 0 aliphatic carbocycles. The van der Waals surface area contributed by atoms with Gasteiger partial charge in [0, 0.05) is 11.6 Å². The maximum absolute atomic E-state index is 12.0. The second kappa shape index (κ2) is 6.34. The van der Waals surface area contributed by atoms with E-state index in [0.29, 0.717) is 17.1 Å². The highest BCUT2D eigenvalue weighted by atomic mass is 32.2. The van der Waals surface area contributed by atoms with Crippen LogP contribution in [0.2, 0.25) is 0 Å². The van der Waals surface area contributed by atoms with Gasteiger partial charge in [0.25, 0.3) is 0 Å². The first-order chi connectivity index (χ1) is 9.56. The zero-order valence-electron chi connectivity index (χ0n) is 12.8. The molecule has 0 saturated carbocycles. The van der Waals surface area contributed by atoms with Gasteiger partial charge in [-0.15, -0.1) is 0 Å². The highest BCUT2D eigenvalue weighted by Gasteiger charge is 2.28. The Kier molecular flexibility index (Phi) is 5.22. The lowest BCUT2D eigenvalue weighted by Gasteiger charge is -2.19. The van der Waals surface area contributed by atoms with E-state index in [9.17, 15) is 8.42 Å². The van der Waals surface area contributed by atoms with E-state index in [-0.39, 0.29) is 18.2 Å². The second-order valence-corrected chi connectivity index (χ2v) is 8.45. The highest BCUT2D eigenvalue weighted by Crippen LogP contribution is 2.23. The van der Waals surface area contributed by atoms with Gasteiger partial charge in [-0.3, -0.25) is 5.41 Å². The van der Waals surface area contributed by atoms with Crippen LogP contribution in [-0.4, -0.2) is 38.5 Å². The predicted molar refractivity (Wildman–Crippen MR) is 83.0 cm³/mol. The first-order valence-electron chi connectivity index (χ1n) is 6.45. The van der Waals surface area contributed by atoms with Gasteiger partial charge in [0.1, 0.15) is 23.9 Å². The molecular weight excluding hydrogens is 292 g/mol. The smallest absolute Gasteiger partial charge is 0.158 e. The van der Waals surface area contributed by atoms with E-state index in [1.165, 1.54) is 7.11 Å². The summed E-state index contributed by atoms with van der Waals surface area (Å²) in [6.07, 6.45) is 0. The number of hydrogen-bond acceptors (Lipinski definition) is 5. The van der Waals surface area contributed by atoms with Gasteiger partial charge >= 0.3 is 0 Å². The molecule has 6 nitrogen and oxygen atoms in total. The van der Waals surface area contributed by atoms with Crippen LogP contribution in [0.25, 0.3) is 0 Å². The standard InChI is InChI=1S/C14H22N2O4S/c1-14(2,3)21(17,18)6-5-20-12-8-10(13(15)16)7-11(9-12)19-4/h7-9H,5-6H2,1-4H3,(H3,15,16). The Morgan fingerprint density at radius 2 is 1.81 bits per heavy atom. The summed E-state index contributed by atoms with van der Waals surface area (Å²) in [4.78, 5) is 0. The topological polar surface area (TPSA) is 102 Å². The van der Waals surface area contributed by atoms with Crippen LogP contribution < -0.4 is 15.2 Å². The molecule has 0 unspecified atom stereocenters. The number of nitrogen functional groups attached to an aromatic ring is 1. The van der Waals surface area contributed by atoms with Crippen LogP contribution in [0.1, 0.15) is 26.3 Å². The molecule has 0 atom stereocenters. The molecule has 0 spiro atoms. The van der Waals surface area contributed by atoms with Crippen LogP contribution >= 0.6 is 0 Å². The average molecular weight is 314 g/mol. The number of ether oxygens (including phenoxy) is 2. The fourth-order valence-corrected chi connectivity index (χ4v) is 2.42. The Morgan fingerprint density at radius 3 is 2.29 bits per heavy atom. The number of rotatable bonds is 6. The molecule has 0 aliphatic rings. The van der Waals surface area contributed by atoms with Crippen LogP contribution in [-0.2, 0) is 9.84 Å². The molecule has 0 heterocycles. The molecule has 0 saturated heterocycles. The molecule has 0 amide bonds. The van der Waals surface area contributed by atoms with Crippen molar-refractivity contribution in [2.75, 3.05) is 19.5 Å². The lowest BCUT2D eigenvalue weighted by atomic mass is 10.2. The van der Waals surface area contributed by atoms with Crippen LogP contribution in [0.15, 0.2) is 18.2 Å². The summed E-state index contributed by atoms with van der Waals surface area (Å²) in [5.74, 6) is 0.726. The monoisotopic (exact) mass is 314 g/mol. The summed E-state index contributed by atoms with van der Waals surface area (Å²) in [5.41, 5.74) is 5.90. The number of nitrogens with two attached hydrogens (primary N) is 1. The summed E-state index contributed by atoms with van der Waals surface area (Å²) in [5, 5.41) is 7.43. The Balaban J connectivity index is 2.81. The predicted octanol–water partition coefficient (Wildman–Crippen LogP) is 1.57. The Labute approximate surface area is 125 Å². The van der Waals surface area contributed by atoms with Crippen molar-refractivity contribution >= 4 is 15.7 Å². The maximum Gasteiger partial charge on any atom is 0.158 e. The summed E-state index contributed by atoms with van der Waals surface area (Å²) in [6.45, 7) is 5.00. The van der Waals surface area contributed by atoms with Gasteiger partial charge in [-0.25, -0.2) is 8.42 Å². The van der Waals surface area contributed by atoms with Crippen LogP contribution in [0.3, 0.4) is 0 Å². The molecule has 1 aromatic carbocycles. The zero-order valence-corrected chi connectivity index (χ0v) is 13.6. The van der Waals surface area contributed by atoms with Gasteiger partial charge in [-0.1, -0.05) is 0 Å². The van der Waals surface area contributed by atoms with Crippen molar-refractivity contribution in [3.63, 3.8) is 0 Å². The lowest BCUT2D eigenvalue weighted by molar-refractivity contribution is 0.335. The van der Waals surface area contributed by atoms with E-state index in [1.54, 1.807) is 39.0 Å². The molecule has 7 heteroatoms. The van der Waals surface area contributed by atoms with E-state index < -0.39 is 14.6 Å². The molecule has 118 valence electrons. The third kappa shape index (κ3) is 4.63. The quantitative estimate of drug-likeness (QED) is 0.613. The van der Waals surface area contributed by atoms with Crippen LogP contribution in [0, 0.1) is 5.41 Å². The number of methoxy groups -OCH3 is 1. The normalized spacial score (nSPS) is 12.0. The SMILES string of the molecule is COc1cc(OCCS(=O)(=O)C(C)(C)C)cc(C(=N)N)c1. The van der Waals surface area contributed by atoms with Crippen molar-refractivity contribution in [2.24, 2.45) is 5.73 Å². The van der Waals surface area contributed by atoms with Crippen molar-refractivity contribution in [3.05, 3.63) is 23.8 Å². The number of hydrogen-bond donors (Lipinski definition) is 2. The first-order valence-corrected chi connectivity index (χ1v) is 8.10. The van der Waals surface area contributed by atoms with Crippen molar-refractivity contribution in [1.29, 1.82) is 5.41 Å². The summed E-state index contributed by atoms with van der Waals surface area (Å²) < 4.78 is 33.7. The third-order valence-electron chi connectivity index (χ3n) is 2.98. The van der Waals surface area contributed by atoms with E-state index in [4.69, 9.17) is 20.6 Å².